The van der Waals surface area contributed by atoms with E-state index in [2.05, 4.69) is 21.3 Å². The van der Waals surface area contributed by atoms with Crippen molar-refractivity contribution < 1.29 is 38.0 Å². The lowest BCUT2D eigenvalue weighted by Crippen LogP contribution is -2.70. The number of carbonyl (C=O) groups excluding carboxylic acids is 2. The number of hydrogen-bond acceptors (Lipinski definition) is 9. The van der Waals surface area contributed by atoms with Crippen molar-refractivity contribution in [2.45, 2.75) is 111 Å². The lowest BCUT2D eigenvalue weighted by Gasteiger charge is -2.56. The normalized spacial score (nSPS) is 41.8. The van der Waals surface area contributed by atoms with Gasteiger partial charge in [0.1, 0.15) is 31.8 Å². The Bertz CT molecular complexity index is 791. The molecule has 212 valence electrons. The number of fused-ring (bicyclic) bond motifs is 3. The van der Waals surface area contributed by atoms with Gasteiger partial charge in [-0.25, -0.2) is 4.39 Å². The van der Waals surface area contributed by atoms with Gasteiger partial charge in [-0.2, -0.15) is 0 Å². The van der Waals surface area contributed by atoms with E-state index in [-0.39, 0.29) is 50.0 Å². The Kier molecular flexibility index (Phi) is 9.66. The predicted molar refractivity (Wildman–Crippen MR) is 131 cm³/mol. The average molecular weight is 551 g/mol. The zero-order valence-electron chi connectivity index (χ0n) is 21.5. The Morgan fingerprint density at radius 1 is 0.973 bits per heavy atom. The zero-order chi connectivity index (χ0) is 26.6. The number of carbonyl (C=O) groups is 2. The second kappa shape index (κ2) is 12.4. The number of halogens is 2. The fraction of sp³-hybridized carbons (Fsp3) is 0.917. The lowest BCUT2D eigenvalue weighted by atomic mass is 9.60. The molecule has 4 saturated carbocycles. The molecule has 0 spiro atoms. The molecule has 1 heterocycles. The maximum absolute atomic E-state index is 13.8. The van der Waals surface area contributed by atoms with E-state index in [0.717, 1.165) is 0 Å². The first-order valence-corrected chi connectivity index (χ1v) is 13.5. The number of nitrogens with one attached hydrogen (secondary N) is 4. The average Bonchev–Trinajstić information content (AvgIpc) is 2.89. The molecule has 11 nitrogen and oxygen atoms in total. The Labute approximate surface area is 221 Å². The first-order valence-electron chi connectivity index (χ1n) is 13.0. The highest BCUT2D eigenvalue weighted by atomic mass is 35.5. The van der Waals surface area contributed by atoms with Gasteiger partial charge in [-0.05, 0) is 44.9 Å². The van der Waals surface area contributed by atoms with Gasteiger partial charge >= 0.3 is 0 Å². The van der Waals surface area contributed by atoms with Crippen molar-refractivity contribution in [2.75, 3.05) is 27.4 Å². The van der Waals surface area contributed by atoms with Gasteiger partial charge in [0.25, 0.3) is 0 Å². The Morgan fingerprint density at radius 2 is 1.59 bits per heavy atom. The summed E-state index contributed by atoms with van der Waals surface area (Å²) in [4.78, 5) is 25.4. The molecule has 1 aliphatic heterocycles. The topological polar surface area (TPSA) is 139 Å². The number of aliphatic hydroxyl groups is 1. The second-order valence-electron chi connectivity index (χ2n) is 10.7. The van der Waals surface area contributed by atoms with Crippen molar-refractivity contribution in [3.05, 3.63) is 0 Å². The summed E-state index contributed by atoms with van der Waals surface area (Å²) in [6, 6.07) is 0. The van der Waals surface area contributed by atoms with Crippen molar-refractivity contribution in [3.8, 4) is 0 Å². The molecular weight excluding hydrogens is 511 g/mol. The van der Waals surface area contributed by atoms with Gasteiger partial charge in [-0.1, -0.05) is 0 Å². The number of hydrogen-bond donors (Lipinski definition) is 5. The van der Waals surface area contributed by atoms with E-state index in [0.29, 0.717) is 51.4 Å². The molecule has 5 N–H and O–H groups in total. The van der Waals surface area contributed by atoms with E-state index in [1.54, 1.807) is 14.2 Å². The molecule has 1 saturated heterocycles. The van der Waals surface area contributed by atoms with Crippen molar-refractivity contribution in [3.63, 3.8) is 0 Å². The molecule has 13 heteroatoms. The molecular formula is C24H40ClFN4O7. The number of aliphatic hydroxyl groups excluding tert-OH is 1. The molecule has 2 bridgehead atoms. The summed E-state index contributed by atoms with van der Waals surface area (Å²) in [6.07, 6.45) is 1.16. The summed E-state index contributed by atoms with van der Waals surface area (Å²) in [6.45, 7) is -0.366. The molecule has 0 radical (unpaired) electrons. The van der Waals surface area contributed by atoms with Crippen LogP contribution in [0.1, 0.15) is 57.8 Å². The van der Waals surface area contributed by atoms with Gasteiger partial charge in [-0.3, -0.25) is 20.2 Å². The van der Waals surface area contributed by atoms with E-state index < -0.39 is 35.1 Å². The molecule has 2 amide bonds. The summed E-state index contributed by atoms with van der Waals surface area (Å²) >= 11 is 5.92. The monoisotopic (exact) mass is 550 g/mol. The largest absolute Gasteiger partial charge is 0.391 e. The number of rotatable bonds is 10. The maximum Gasteiger partial charge on any atom is 0.246 e. The van der Waals surface area contributed by atoms with Crippen molar-refractivity contribution in [1.29, 1.82) is 0 Å². The number of methoxy groups -OCH3 is 2. The lowest BCUT2D eigenvalue weighted by molar-refractivity contribution is -0.151. The first kappa shape index (κ1) is 28.9. The molecule has 5 unspecified atom stereocenters. The molecule has 5 fully saturated rings. The van der Waals surface area contributed by atoms with Crippen LogP contribution in [0.2, 0.25) is 0 Å². The van der Waals surface area contributed by atoms with Gasteiger partial charge in [0.2, 0.25) is 11.8 Å². The van der Waals surface area contributed by atoms with Gasteiger partial charge in [0, 0.05) is 32.6 Å². The van der Waals surface area contributed by atoms with Crippen molar-refractivity contribution in [1.82, 2.24) is 21.3 Å². The summed E-state index contributed by atoms with van der Waals surface area (Å²) in [5, 5.41) is 22.7. The molecule has 5 aliphatic rings. The molecule has 0 aromatic carbocycles. The van der Waals surface area contributed by atoms with Crippen LogP contribution in [-0.4, -0.2) is 98.0 Å². The minimum absolute atomic E-state index is 0.154. The summed E-state index contributed by atoms with van der Waals surface area (Å²) < 4.78 is 35.8. The van der Waals surface area contributed by atoms with Crippen LogP contribution in [0.15, 0.2) is 0 Å². The fourth-order valence-electron chi connectivity index (χ4n) is 6.00. The third-order valence-electron chi connectivity index (χ3n) is 8.26. The summed E-state index contributed by atoms with van der Waals surface area (Å²) in [5.41, 5.74) is -1.29. The van der Waals surface area contributed by atoms with Crippen LogP contribution in [-0.2, 0) is 28.5 Å². The van der Waals surface area contributed by atoms with E-state index in [1.807, 2.05) is 0 Å². The first-order chi connectivity index (χ1) is 17.7. The highest BCUT2D eigenvalue weighted by Gasteiger charge is 2.55. The molecule has 6 atom stereocenters. The minimum atomic E-state index is -1.12. The van der Waals surface area contributed by atoms with Crippen molar-refractivity contribution in [2.24, 2.45) is 0 Å². The minimum Gasteiger partial charge on any atom is -0.391 e. The fourth-order valence-corrected chi connectivity index (χ4v) is 6.22. The molecule has 0 aromatic rings. The molecule has 0 aromatic heterocycles. The SMILES string of the molecule is COC1CC(OC)NC(OCC(=O)NC23CCC(NC(=O)COC4CCC(Cl)C(F)C4)(CC2)C[C@@H]3O)N1. The van der Waals surface area contributed by atoms with Crippen LogP contribution in [0.4, 0.5) is 4.39 Å². The van der Waals surface area contributed by atoms with E-state index >= 15 is 0 Å². The smallest absolute Gasteiger partial charge is 0.246 e. The van der Waals surface area contributed by atoms with Crippen LogP contribution >= 0.6 is 11.6 Å². The molecule has 37 heavy (non-hydrogen) atoms. The Hall–Kier alpha value is -1.12. The zero-order valence-corrected chi connectivity index (χ0v) is 22.2. The number of alkyl halides is 2. The third-order valence-corrected chi connectivity index (χ3v) is 8.75. The highest BCUT2D eigenvalue weighted by molar-refractivity contribution is 6.21. The van der Waals surface area contributed by atoms with E-state index in [1.165, 1.54) is 0 Å². The standard InChI is InChI=1S/C24H40ClFN4O7/c1-34-20-10-21(35-2)28-22(27-20)37-13-19(33)30-24-7-5-23(6-8-24,11-17(24)31)29-18(32)12-36-14-3-4-15(25)16(26)9-14/h14-17,20-22,27-28,31H,3-13H2,1-2H3,(H,29,32)(H,30,33)/t14?,15?,16?,17-,20?,21?,22?,23?,24?/m0/s1. The summed E-state index contributed by atoms with van der Waals surface area (Å²) in [5.74, 6) is -0.612. The van der Waals surface area contributed by atoms with Crippen LogP contribution in [0.5, 0.6) is 0 Å². The van der Waals surface area contributed by atoms with E-state index in [9.17, 15) is 19.1 Å². The van der Waals surface area contributed by atoms with Gasteiger partial charge in [-0.15, -0.1) is 11.6 Å². The van der Waals surface area contributed by atoms with Gasteiger partial charge in [0.15, 0.2) is 6.35 Å². The van der Waals surface area contributed by atoms with E-state index in [4.69, 9.17) is 30.5 Å². The van der Waals surface area contributed by atoms with Crippen LogP contribution in [0, 0.1) is 0 Å². The number of ether oxygens (including phenoxy) is 4. The second-order valence-corrected chi connectivity index (χ2v) is 11.3. The summed E-state index contributed by atoms with van der Waals surface area (Å²) in [7, 11) is 3.16. The Morgan fingerprint density at radius 3 is 2.19 bits per heavy atom. The van der Waals surface area contributed by atoms with Crippen LogP contribution in [0.3, 0.4) is 0 Å². The maximum atomic E-state index is 13.8. The van der Waals surface area contributed by atoms with Gasteiger partial charge in [0.05, 0.1) is 23.1 Å². The Balaban J connectivity index is 1.21. The van der Waals surface area contributed by atoms with Crippen LogP contribution in [0.25, 0.3) is 0 Å². The molecule has 5 rings (SSSR count). The molecule has 4 aliphatic carbocycles. The highest BCUT2D eigenvalue weighted by Crippen LogP contribution is 2.47. The number of amides is 2. The predicted octanol–water partition coefficient (Wildman–Crippen LogP) is 0.378. The van der Waals surface area contributed by atoms with Gasteiger partial charge < -0.3 is 34.7 Å². The van der Waals surface area contributed by atoms with Crippen LogP contribution < -0.4 is 21.3 Å². The third kappa shape index (κ3) is 7.10. The quantitative estimate of drug-likeness (QED) is 0.244. The van der Waals surface area contributed by atoms with Crippen molar-refractivity contribution >= 4 is 23.4 Å².